The molecule has 0 saturated heterocycles. The first-order valence-corrected chi connectivity index (χ1v) is 9.47. The topological polar surface area (TPSA) is 95.7 Å². The second-order valence-electron chi connectivity index (χ2n) is 5.94. The molecule has 0 amide bonds. The molecular weight excluding hydrogens is 418 g/mol. The minimum atomic E-state index is -4.63. The summed E-state index contributed by atoms with van der Waals surface area (Å²) in [5, 5.41) is 0. The molecule has 0 radical (unpaired) electrons. The summed E-state index contributed by atoms with van der Waals surface area (Å²) in [5.74, 6) is -4.39. The van der Waals surface area contributed by atoms with Crippen LogP contribution < -0.4 is 5.73 Å². The van der Waals surface area contributed by atoms with Crippen LogP contribution in [0.5, 0.6) is 0 Å². The predicted molar refractivity (Wildman–Crippen MR) is 91.6 cm³/mol. The van der Waals surface area contributed by atoms with Gasteiger partial charge in [-0.15, -0.1) is 0 Å². The Bertz CT molecular complexity index is 1110. The van der Waals surface area contributed by atoms with E-state index in [0.717, 1.165) is 24.3 Å². The van der Waals surface area contributed by atoms with Crippen LogP contribution in [0.3, 0.4) is 0 Å². The third kappa shape index (κ3) is 4.67. The lowest BCUT2D eigenvalue weighted by Gasteiger charge is -2.12. The summed E-state index contributed by atoms with van der Waals surface area (Å²) < 4.78 is 93.3. The van der Waals surface area contributed by atoms with Gasteiger partial charge in [0.15, 0.2) is 6.08 Å². The lowest BCUT2D eigenvalue weighted by molar-refractivity contribution is -0.137. The van der Waals surface area contributed by atoms with Crippen LogP contribution in [0, 0.1) is 5.82 Å². The van der Waals surface area contributed by atoms with E-state index in [1.807, 2.05) is 0 Å². The molecule has 1 atom stereocenters. The Morgan fingerprint density at radius 2 is 1.69 bits per heavy atom. The van der Waals surface area contributed by atoms with Crippen LogP contribution >= 0.6 is 0 Å². The summed E-state index contributed by atoms with van der Waals surface area (Å²) in [6.45, 7) is 0. The Morgan fingerprint density at radius 1 is 1.10 bits per heavy atom. The van der Waals surface area contributed by atoms with Crippen LogP contribution in [-0.2, 0) is 35.8 Å². The Balaban J connectivity index is 1.81. The van der Waals surface area contributed by atoms with Crippen molar-refractivity contribution in [3.05, 3.63) is 82.7 Å². The second kappa shape index (κ2) is 7.39. The summed E-state index contributed by atoms with van der Waals surface area (Å²) in [5.41, 5.74) is 4.33. The molecule has 0 aliphatic carbocycles. The van der Waals surface area contributed by atoms with Gasteiger partial charge in [0.05, 0.1) is 6.93 Å². The molecule has 0 bridgehead atoms. The maximum absolute atomic E-state index is 12.9. The third-order valence-corrected chi connectivity index (χ3v) is 4.90. The fourth-order valence-electron chi connectivity index (χ4n) is 2.44. The molecule has 1 aliphatic rings. The van der Waals surface area contributed by atoms with Crippen molar-refractivity contribution in [1.82, 2.24) is 0 Å². The van der Waals surface area contributed by atoms with Gasteiger partial charge in [-0.05, 0) is 29.8 Å². The number of nitrogens with two attached hydrogens (primary N) is 1. The number of Topliss-reactive ketones (excluding diaryl/α,β-unsaturated/α-hetero) is 1. The van der Waals surface area contributed by atoms with Crippen LogP contribution in [0.15, 0.2) is 60.2 Å². The van der Waals surface area contributed by atoms with Crippen molar-refractivity contribution in [3.8, 4) is 0 Å². The number of hydrogen-bond acceptors (Lipinski definition) is 6. The first-order chi connectivity index (χ1) is 13.8. The maximum atomic E-state index is 12.9. The van der Waals surface area contributed by atoms with Gasteiger partial charge in [0.1, 0.15) is 11.6 Å². The van der Waals surface area contributed by atoms with Gasteiger partial charge in [-0.2, -0.15) is 21.6 Å². The summed E-state index contributed by atoms with van der Waals surface area (Å²) in [6.07, 6.45) is -7.25. The SMILES string of the molecule is [2H]C1(c2ccc(C(F)(F)F)cc2)OC(N)=C(OS(=O)(=O)Cc2ccc(F)cc2)C1=O. The number of hydrogen-bond donors (Lipinski definition) is 1. The zero-order valence-corrected chi connectivity index (χ0v) is 15.2. The smallest absolute Gasteiger partial charge is 0.416 e. The molecule has 3 rings (SSSR count). The van der Waals surface area contributed by atoms with Crippen molar-refractivity contribution < 1.29 is 41.1 Å². The number of ketones is 1. The van der Waals surface area contributed by atoms with E-state index in [1.165, 1.54) is 12.1 Å². The van der Waals surface area contributed by atoms with Gasteiger partial charge in [0, 0.05) is 5.56 Å². The zero-order chi connectivity index (χ0) is 22.3. The van der Waals surface area contributed by atoms with Crippen LogP contribution in [-0.4, -0.2) is 14.2 Å². The number of ether oxygens (including phenoxy) is 1. The highest BCUT2D eigenvalue weighted by molar-refractivity contribution is 7.86. The van der Waals surface area contributed by atoms with E-state index in [9.17, 15) is 30.8 Å². The normalized spacial score (nSPS) is 20.4. The molecule has 1 unspecified atom stereocenters. The molecule has 29 heavy (non-hydrogen) atoms. The minimum Gasteiger partial charge on any atom is -0.460 e. The second-order valence-corrected chi connectivity index (χ2v) is 7.51. The molecule has 2 aromatic rings. The van der Waals surface area contributed by atoms with E-state index in [1.54, 1.807) is 0 Å². The van der Waals surface area contributed by atoms with Crippen LogP contribution in [0.2, 0.25) is 0 Å². The van der Waals surface area contributed by atoms with E-state index in [0.29, 0.717) is 12.1 Å². The van der Waals surface area contributed by atoms with E-state index in [2.05, 4.69) is 0 Å². The molecule has 0 spiro atoms. The fourth-order valence-corrected chi connectivity index (χ4v) is 3.51. The standard InChI is InChI=1S/C18H13F4NO5S/c19-13-7-1-10(2-8-13)9-29(25,26)28-16-14(24)15(27-17(16)23)11-3-5-12(6-4-11)18(20,21)22/h1-8,15H,9,23H2/i15D. The van der Waals surface area contributed by atoms with Gasteiger partial charge in [0.2, 0.25) is 17.4 Å². The average molecular weight is 432 g/mol. The third-order valence-electron chi connectivity index (χ3n) is 3.79. The van der Waals surface area contributed by atoms with Crippen LogP contribution in [0.1, 0.15) is 24.1 Å². The molecule has 1 heterocycles. The average Bonchev–Trinajstić information content (AvgIpc) is 2.87. The van der Waals surface area contributed by atoms with Crippen molar-refractivity contribution in [3.63, 3.8) is 0 Å². The van der Waals surface area contributed by atoms with E-state index in [-0.39, 0.29) is 11.1 Å². The number of benzene rings is 2. The number of carbonyl (C=O) groups excluding carboxylic acids is 1. The molecule has 1 aliphatic heterocycles. The molecule has 11 heteroatoms. The molecule has 2 aromatic carbocycles. The highest BCUT2D eigenvalue weighted by atomic mass is 32.2. The number of carbonyl (C=O) groups is 1. The van der Waals surface area contributed by atoms with Gasteiger partial charge in [0.25, 0.3) is 0 Å². The fraction of sp³-hybridized carbons (Fsp3) is 0.167. The lowest BCUT2D eigenvalue weighted by atomic mass is 10.0. The molecule has 0 saturated carbocycles. The molecule has 154 valence electrons. The van der Waals surface area contributed by atoms with Gasteiger partial charge in [-0.1, -0.05) is 24.3 Å². The zero-order valence-electron chi connectivity index (χ0n) is 15.4. The van der Waals surface area contributed by atoms with Gasteiger partial charge in [-0.3, -0.25) is 4.79 Å². The number of halogens is 4. The van der Waals surface area contributed by atoms with Crippen molar-refractivity contribution in [2.45, 2.75) is 18.0 Å². The van der Waals surface area contributed by atoms with E-state index < -0.39 is 56.9 Å². The quantitative estimate of drug-likeness (QED) is 0.576. The molecule has 0 aromatic heterocycles. The minimum absolute atomic E-state index is 0.154. The van der Waals surface area contributed by atoms with Gasteiger partial charge < -0.3 is 14.7 Å². The summed E-state index contributed by atoms with van der Waals surface area (Å²) in [4.78, 5) is 12.6. The molecule has 2 N–H and O–H groups in total. The Morgan fingerprint density at radius 3 is 2.24 bits per heavy atom. The Labute approximate surface area is 164 Å². The van der Waals surface area contributed by atoms with Gasteiger partial charge in [-0.25, -0.2) is 4.39 Å². The Kier molecular flexibility index (Phi) is 4.91. The monoisotopic (exact) mass is 432 g/mol. The van der Waals surface area contributed by atoms with Gasteiger partial charge >= 0.3 is 16.3 Å². The molecule has 6 nitrogen and oxygen atoms in total. The highest BCUT2D eigenvalue weighted by Crippen LogP contribution is 2.35. The first-order valence-electron chi connectivity index (χ1n) is 8.40. The molecule has 0 fully saturated rings. The van der Waals surface area contributed by atoms with Crippen LogP contribution in [0.25, 0.3) is 0 Å². The molecular formula is C18H13F4NO5S. The van der Waals surface area contributed by atoms with Crippen molar-refractivity contribution in [2.24, 2.45) is 5.73 Å². The number of alkyl halides is 3. The predicted octanol–water partition coefficient (Wildman–Crippen LogP) is 3.16. The van der Waals surface area contributed by atoms with E-state index >= 15 is 0 Å². The summed E-state index contributed by atoms with van der Waals surface area (Å²) >= 11 is 0. The summed E-state index contributed by atoms with van der Waals surface area (Å²) in [6, 6.07) is 7.42. The number of rotatable bonds is 5. The summed E-state index contributed by atoms with van der Waals surface area (Å²) in [7, 11) is -4.45. The van der Waals surface area contributed by atoms with Crippen LogP contribution in [0.4, 0.5) is 17.6 Å². The first kappa shape index (κ1) is 19.2. The van der Waals surface area contributed by atoms with Crippen molar-refractivity contribution in [1.29, 1.82) is 0 Å². The highest BCUT2D eigenvalue weighted by Gasteiger charge is 2.40. The maximum Gasteiger partial charge on any atom is 0.416 e. The largest absolute Gasteiger partial charge is 0.460 e. The van der Waals surface area contributed by atoms with E-state index in [4.69, 9.17) is 16.0 Å². The van der Waals surface area contributed by atoms with Crippen molar-refractivity contribution in [2.75, 3.05) is 0 Å². The lowest BCUT2D eigenvalue weighted by Crippen LogP contribution is -2.16. The van der Waals surface area contributed by atoms with Crippen molar-refractivity contribution >= 4 is 15.9 Å². The Hall–Kier alpha value is -3.08.